The van der Waals surface area contributed by atoms with E-state index in [4.69, 9.17) is 14.2 Å². The van der Waals surface area contributed by atoms with Crippen LogP contribution in [0.5, 0.6) is 17.4 Å². The van der Waals surface area contributed by atoms with Crippen molar-refractivity contribution < 1.29 is 27.4 Å². The van der Waals surface area contributed by atoms with E-state index in [0.717, 1.165) is 0 Å². The fourth-order valence-electron chi connectivity index (χ4n) is 3.39. The van der Waals surface area contributed by atoms with Crippen molar-refractivity contribution in [3.05, 3.63) is 54.6 Å². The van der Waals surface area contributed by atoms with Crippen molar-refractivity contribution in [1.29, 1.82) is 0 Å². The Morgan fingerprint density at radius 1 is 0.973 bits per heavy atom. The van der Waals surface area contributed by atoms with Crippen molar-refractivity contribution in [2.45, 2.75) is 18.2 Å². The van der Waals surface area contributed by atoms with Gasteiger partial charge in [-0.1, -0.05) is 6.92 Å². The van der Waals surface area contributed by atoms with Crippen LogP contribution in [0.3, 0.4) is 0 Å². The molecule has 1 amide bonds. The molecule has 2 N–H and O–H groups in total. The molecule has 0 atom stereocenters. The molecule has 0 radical (unpaired) electrons. The summed E-state index contributed by atoms with van der Waals surface area (Å²) in [5, 5.41) is 15.4. The van der Waals surface area contributed by atoms with Crippen LogP contribution in [-0.4, -0.2) is 61.5 Å². The topological polar surface area (TPSA) is 146 Å². The van der Waals surface area contributed by atoms with Gasteiger partial charge in [-0.05, 0) is 48.5 Å². The van der Waals surface area contributed by atoms with Gasteiger partial charge in [0.25, 0.3) is 0 Å². The van der Waals surface area contributed by atoms with Gasteiger partial charge in [0.2, 0.25) is 21.8 Å². The number of nitrogens with zero attached hydrogens (tertiary/aromatic N) is 4. The lowest BCUT2D eigenvalue weighted by molar-refractivity contribution is -0.115. The van der Waals surface area contributed by atoms with Crippen LogP contribution in [0.2, 0.25) is 0 Å². The van der Waals surface area contributed by atoms with E-state index in [-0.39, 0.29) is 29.8 Å². The summed E-state index contributed by atoms with van der Waals surface area (Å²) < 4.78 is 45.4. The number of sulfonamides is 1. The molecule has 13 heteroatoms. The Morgan fingerprint density at radius 3 is 2.43 bits per heavy atom. The Kier molecular flexibility index (Phi) is 7.84. The SMILES string of the molecule is CCC(=O)Nc1ccc(S(=O)(=O)NCCOc2ccc3nnc(-c4ccc(OC)c(OC)c4)n3n2)cc1. The minimum Gasteiger partial charge on any atom is -0.493 e. The molecule has 2 aromatic heterocycles. The van der Waals surface area contributed by atoms with Crippen LogP contribution in [0.25, 0.3) is 17.0 Å². The predicted octanol–water partition coefficient (Wildman–Crippen LogP) is 2.51. The Balaban J connectivity index is 1.40. The molecule has 4 aromatic rings. The first-order valence-electron chi connectivity index (χ1n) is 11.3. The van der Waals surface area contributed by atoms with Gasteiger partial charge >= 0.3 is 0 Å². The molecule has 0 saturated carbocycles. The molecule has 12 nitrogen and oxygen atoms in total. The number of hydrogen-bond donors (Lipinski definition) is 2. The number of nitrogens with one attached hydrogen (secondary N) is 2. The number of rotatable bonds is 11. The molecule has 0 aliphatic carbocycles. The van der Waals surface area contributed by atoms with Gasteiger partial charge in [-0.2, -0.15) is 4.52 Å². The average Bonchev–Trinajstić information content (AvgIpc) is 3.34. The van der Waals surface area contributed by atoms with Crippen molar-refractivity contribution in [2.75, 3.05) is 32.7 Å². The quantitative estimate of drug-likeness (QED) is 0.281. The van der Waals surface area contributed by atoms with E-state index in [0.29, 0.717) is 40.6 Å². The number of benzene rings is 2. The molecule has 37 heavy (non-hydrogen) atoms. The fraction of sp³-hybridized carbons (Fsp3) is 0.250. The minimum atomic E-state index is -3.76. The lowest BCUT2D eigenvalue weighted by atomic mass is 10.2. The maximum atomic E-state index is 12.6. The van der Waals surface area contributed by atoms with Crippen molar-refractivity contribution >= 4 is 27.3 Å². The number of hydrogen-bond acceptors (Lipinski definition) is 9. The predicted molar refractivity (Wildman–Crippen MR) is 135 cm³/mol. The molecule has 0 fully saturated rings. The van der Waals surface area contributed by atoms with Crippen molar-refractivity contribution in [3.8, 4) is 28.8 Å². The zero-order valence-electron chi connectivity index (χ0n) is 20.5. The van der Waals surface area contributed by atoms with Crippen LogP contribution in [0.4, 0.5) is 5.69 Å². The van der Waals surface area contributed by atoms with E-state index in [2.05, 4.69) is 25.3 Å². The first-order valence-corrected chi connectivity index (χ1v) is 12.8. The molecule has 194 valence electrons. The largest absolute Gasteiger partial charge is 0.493 e. The van der Waals surface area contributed by atoms with Gasteiger partial charge in [0.15, 0.2) is 23.0 Å². The van der Waals surface area contributed by atoms with Crippen LogP contribution in [0, 0.1) is 0 Å². The number of carbonyl (C=O) groups is 1. The van der Waals surface area contributed by atoms with E-state index >= 15 is 0 Å². The second kappa shape index (κ2) is 11.2. The van der Waals surface area contributed by atoms with Crippen LogP contribution < -0.4 is 24.2 Å². The van der Waals surface area contributed by atoms with E-state index in [1.165, 1.54) is 28.8 Å². The van der Waals surface area contributed by atoms with Crippen LogP contribution in [-0.2, 0) is 14.8 Å². The van der Waals surface area contributed by atoms with Gasteiger partial charge in [-0.3, -0.25) is 4.79 Å². The average molecular weight is 527 g/mol. The second-order valence-electron chi connectivity index (χ2n) is 7.71. The number of amides is 1. The lowest BCUT2D eigenvalue weighted by Crippen LogP contribution is -2.28. The molecule has 0 bridgehead atoms. The summed E-state index contributed by atoms with van der Waals surface area (Å²) >= 11 is 0. The van der Waals surface area contributed by atoms with E-state index in [1.807, 2.05) is 6.07 Å². The minimum absolute atomic E-state index is 0.0150. The molecule has 2 aromatic carbocycles. The summed E-state index contributed by atoms with van der Waals surface area (Å²) in [4.78, 5) is 11.5. The third kappa shape index (κ3) is 5.95. The van der Waals surface area contributed by atoms with E-state index < -0.39 is 10.0 Å². The van der Waals surface area contributed by atoms with Crippen LogP contribution >= 0.6 is 0 Å². The Hall–Kier alpha value is -4.23. The molecular formula is C24H26N6O6S. The summed E-state index contributed by atoms with van der Waals surface area (Å²) in [6.45, 7) is 1.79. The molecule has 0 spiro atoms. The Labute approximate surface area is 213 Å². The molecule has 4 rings (SSSR count). The molecule has 2 heterocycles. The summed E-state index contributed by atoms with van der Waals surface area (Å²) in [6.07, 6.45) is 0.332. The number of anilines is 1. The maximum absolute atomic E-state index is 12.6. The summed E-state index contributed by atoms with van der Waals surface area (Å²) in [5.74, 6) is 1.71. The highest BCUT2D eigenvalue weighted by molar-refractivity contribution is 7.89. The highest BCUT2D eigenvalue weighted by Gasteiger charge is 2.15. The molecule has 0 aliphatic heterocycles. The van der Waals surface area contributed by atoms with E-state index in [1.54, 1.807) is 45.4 Å². The summed E-state index contributed by atoms with van der Waals surface area (Å²) in [5.41, 5.74) is 1.75. The second-order valence-corrected chi connectivity index (χ2v) is 9.47. The van der Waals surface area contributed by atoms with Crippen molar-refractivity contribution in [3.63, 3.8) is 0 Å². The zero-order valence-corrected chi connectivity index (χ0v) is 21.3. The number of aromatic nitrogens is 4. The monoisotopic (exact) mass is 526 g/mol. The number of ether oxygens (including phenoxy) is 3. The van der Waals surface area contributed by atoms with Crippen LogP contribution in [0.15, 0.2) is 59.5 Å². The Morgan fingerprint density at radius 2 is 1.73 bits per heavy atom. The molecular weight excluding hydrogens is 500 g/mol. The first kappa shape index (κ1) is 25.9. The summed E-state index contributed by atoms with van der Waals surface area (Å²) in [6, 6.07) is 14.6. The van der Waals surface area contributed by atoms with Gasteiger partial charge in [0.1, 0.15) is 6.61 Å². The van der Waals surface area contributed by atoms with Gasteiger partial charge in [-0.25, -0.2) is 13.1 Å². The number of fused-ring (bicyclic) bond motifs is 1. The smallest absolute Gasteiger partial charge is 0.240 e. The first-order chi connectivity index (χ1) is 17.8. The third-order valence-electron chi connectivity index (χ3n) is 5.29. The molecule has 0 saturated heterocycles. The highest BCUT2D eigenvalue weighted by atomic mass is 32.2. The van der Waals surface area contributed by atoms with E-state index in [9.17, 15) is 13.2 Å². The third-order valence-corrected chi connectivity index (χ3v) is 6.77. The number of carbonyl (C=O) groups excluding carboxylic acids is 1. The van der Waals surface area contributed by atoms with Crippen LogP contribution in [0.1, 0.15) is 13.3 Å². The molecule has 0 unspecified atom stereocenters. The highest BCUT2D eigenvalue weighted by Crippen LogP contribution is 2.31. The van der Waals surface area contributed by atoms with Crippen molar-refractivity contribution in [1.82, 2.24) is 24.5 Å². The van der Waals surface area contributed by atoms with Gasteiger partial charge in [0, 0.05) is 30.3 Å². The standard InChI is InChI=1S/C24H26N6O6S/c1-4-22(31)26-17-6-8-18(9-7-17)37(32,33)25-13-14-36-23-12-11-21-27-28-24(30(21)29-23)16-5-10-19(34-2)20(15-16)35-3/h5-12,15,25H,4,13-14H2,1-3H3,(H,26,31). The number of methoxy groups -OCH3 is 2. The Bertz CT molecular complexity index is 1500. The van der Waals surface area contributed by atoms with Gasteiger partial charge in [-0.15, -0.1) is 15.3 Å². The van der Waals surface area contributed by atoms with Crippen molar-refractivity contribution in [2.24, 2.45) is 0 Å². The maximum Gasteiger partial charge on any atom is 0.240 e. The van der Waals surface area contributed by atoms with Gasteiger partial charge in [0.05, 0.1) is 19.1 Å². The zero-order chi connectivity index (χ0) is 26.4. The summed E-state index contributed by atoms with van der Waals surface area (Å²) in [7, 11) is -0.655. The molecule has 0 aliphatic rings. The normalized spacial score (nSPS) is 11.3. The lowest BCUT2D eigenvalue weighted by Gasteiger charge is -2.10. The fourth-order valence-corrected chi connectivity index (χ4v) is 4.40. The van der Waals surface area contributed by atoms with Gasteiger partial charge < -0.3 is 19.5 Å².